The molecule has 2 N–H and O–H groups in total. The standard InChI is InChI=1S/C18H26ClN3O2/c1-3-21(4-2)11-5-10-20-18(24)14-12-17(23)22(13-14)16-8-6-15(19)7-9-16/h6-9,14H,3-5,10-13H2,1-2H3,(H,20,24)/p+1/t14-/m1/s1. The minimum absolute atomic E-state index is 0.00921. The Kier molecular flexibility index (Phi) is 7.06. The van der Waals surface area contributed by atoms with Crippen LogP contribution in [0.5, 0.6) is 0 Å². The summed E-state index contributed by atoms with van der Waals surface area (Å²) in [7, 11) is 0. The van der Waals surface area contributed by atoms with Crippen molar-refractivity contribution in [1.82, 2.24) is 5.32 Å². The number of carbonyl (C=O) groups excluding carboxylic acids is 2. The van der Waals surface area contributed by atoms with Crippen LogP contribution in [0.2, 0.25) is 5.02 Å². The van der Waals surface area contributed by atoms with Crippen LogP contribution in [0.3, 0.4) is 0 Å². The first kappa shape index (κ1) is 18.7. The van der Waals surface area contributed by atoms with Gasteiger partial charge in [-0.15, -0.1) is 0 Å². The van der Waals surface area contributed by atoms with Crippen LogP contribution in [-0.4, -0.2) is 44.5 Å². The van der Waals surface area contributed by atoms with Gasteiger partial charge in [0.25, 0.3) is 0 Å². The normalized spacial score (nSPS) is 17.6. The molecule has 0 saturated carbocycles. The zero-order chi connectivity index (χ0) is 17.5. The molecule has 1 heterocycles. The molecule has 0 aliphatic carbocycles. The molecule has 1 aliphatic rings. The Labute approximate surface area is 149 Å². The maximum absolute atomic E-state index is 12.3. The molecule has 0 unspecified atom stereocenters. The zero-order valence-electron chi connectivity index (χ0n) is 14.5. The van der Waals surface area contributed by atoms with E-state index in [9.17, 15) is 9.59 Å². The van der Waals surface area contributed by atoms with Crippen molar-refractivity contribution in [3.8, 4) is 0 Å². The molecular weight excluding hydrogens is 326 g/mol. The maximum Gasteiger partial charge on any atom is 0.227 e. The van der Waals surface area contributed by atoms with Gasteiger partial charge in [-0.25, -0.2) is 0 Å². The second-order valence-electron chi connectivity index (χ2n) is 6.23. The molecule has 0 bridgehead atoms. The summed E-state index contributed by atoms with van der Waals surface area (Å²) < 4.78 is 0. The first-order valence-electron chi connectivity index (χ1n) is 8.72. The summed E-state index contributed by atoms with van der Waals surface area (Å²) in [5.41, 5.74) is 0.796. The van der Waals surface area contributed by atoms with E-state index < -0.39 is 0 Å². The number of hydrogen-bond acceptors (Lipinski definition) is 2. The van der Waals surface area contributed by atoms with Gasteiger partial charge in [-0.3, -0.25) is 9.59 Å². The van der Waals surface area contributed by atoms with Gasteiger partial charge in [0, 0.05) is 36.6 Å². The van der Waals surface area contributed by atoms with E-state index in [1.54, 1.807) is 17.0 Å². The third-order valence-electron chi connectivity index (χ3n) is 4.64. The van der Waals surface area contributed by atoms with Gasteiger partial charge in [0.2, 0.25) is 11.8 Å². The second-order valence-corrected chi connectivity index (χ2v) is 6.67. The van der Waals surface area contributed by atoms with Crippen molar-refractivity contribution in [2.24, 2.45) is 5.92 Å². The van der Waals surface area contributed by atoms with Crippen molar-refractivity contribution in [3.63, 3.8) is 0 Å². The van der Waals surface area contributed by atoms with Gasteiger partial charge in [0.05, 0.1) is 25.6 Å². The van der Waals surface area contributed by atoms with E-state index in [0.717, 1.165) is 31.7 Å². The molecule has 1 atom stereocenters. The van der Waals surface area contributed by atoms with Gasteiger partial charge in [-0.1, -0.05) is 11.6 Å². The molecule has 2 rings (SSSR count). The predicted octanol–water partition coefficient (Wildman–Crippen LogP) is 1.12. The summed E-state index contributed by atoms with van der Waals surface area (Å²) in [6.07, 6.45) is 1.24. The van der Waals surface area contributed by atoms with Gasteiger partial charge in [0.15, 0.2) is 0 Å². The van der Waals surface area contributed by atoms with Crippen LogP contribution in [0.4, 0.5) is 5.69 Å². The summed E-state index contributed by atoms with van der Waals surface area (Å²) in [5.74, 6) is -0.298. The third-order valence-corrected chi connectivity index (χ3v) is 4.89. The van der Waals surface area contributed by atoms with Gasteiger partial charge in [-0.05, 0) is 38.1 Å². The number of anilines is 1. The molecule has 0 spiro atoms. The molecule has 1 aromatic carbocycles. The largest absolute Gasteiger partial charge is 0.356 e. The molecule has 0 aromatic heterocycles. The van der Waals surface area contributed by atoms with E-state index in [2.05, 4.69) is 19.2 Å². The monoisotopic (exact) mass is 352 g/mol. The van der Waals surface area contributed by atoms with Crippen molar-refractivity contribution in [3.05, 3.63) is 29.3 Å². The Morgan fingerprint density at radius 1 is 1.29 bits per heavy atom. The lowest BCUT2D eigenvalue weighted by Gasteiger charge is -2.17. The highest BCUT2D eigenvalue weighted by molar-refractivity contribution is 6.30. The first-order chi connectivity index (χ1) is 11.5. The summed E-state index contributed by atoms with van der Waals surface area (Å²) >= 11 is 5.88. The summed E-state index contributed by atoms with van der Waals surface area (Å²) in [6.45, 7) is 8.74. The fourth-order valence-corrected chi connectivity index (χ4v) is 3.18. The highest BCUT2D eigenvalue weighted by Gasteiger charge is 2.34. The number of nitrogens with zero attached hydrogens (tertiary/aromatic N) is 1. The Morgan fingerprint density at radius 2 is 1.96 bits per heavy atom. The quantitative estimate of drug-likeness (QED) is 0.689. The molecule has 2 amide bonds. The minimum atomic E-state index is -0.269. The van der Waals surface area contributed by atoms with E-state index in [-0.39, 0.29) is 24.2 Å². The molecule has 1 aliphatic heterocycles. The molecule has 5 nitrogen and oxygen atoms in total. The lowest BCUT2D eigenvalue weighted by molar-refractivity contribution is -0.896. The van der Waals surface area contributed by atoms with E-state index in [0.29, 0.717) is 18.1 Å². The smallest absolute Gasteiger partial charge is 0.227 e. The lowest BCUT2D eigenvalue weighted by Crippen LogP contribution is -3.11. The number of benzene rings is 1. The summed E-state index contributed by atoms with van der Waals surface area (Å²) in [5, 5.41) is 3.61. The van der Waals surface area contributed by atoms with Crippen molar-refractivity contribution < 1.29 is 14.5 Å². The Hall–Kier alpha value is -1.59. The van der Waals surface area contributed by atoms with Crippen LogP contribution >= 0.6 is 11.6 Å². The molecule has 1 fully saturated rings. The van der Waals surface area contributed by atoms with Crippen LogP contribution in [0.25, 0.3) is 0 Å². The average molecular weight is 353 g/mol. The van der Waals surface area contributed by atoms with Crippen LogP contribution < -0.4 is 15.1 Å². The summed E-state index contributed by atoms with van der Waals surface area (Å²) in [4.78, 5) is 27.7. The number of hydrogen-bond donors (Lipinski definition) is 2. The van der Waals surface area contributed by atoms with Gasteiger partial charge < -0.3 is 15.1 Å². The molecule has 6 heteroatoms. The van der Waals surface area contributed by atoms with E-state index in [1.807, 2.05) is 12.1 Å². The molecular formula is C18H27ClN3O2+. The molecule has 24 heavy (non-hydrogen) atoms. The zero-order valence-corrected chi connectivity index (χ0v) is 15.2. The topological polar surface area (TPSA) is 53.9 Å². The number of amides is 2. The fourth-order valence-electron chi connectivity index (χ4n) is 3.05. The van der Waals surface area contributed by atoms with Crippen LogP contribution in [0.15, 0.2) is 24.3 Å². The Morgan fingerprint density at radius 3 is 2.58 bits per heavy atom. The van der Waals surface area contributed by atoms with E-state index in [1.165, 1.54) is 4.90 Å². The summed E-state index contributed by atoms with van der Waals surface area (Å²) in [6, 6.07) is 7.14. The highest BCUT2D eigenvalue weighted by Crippen LogP contribution is 2.26. The molecule has 1 aromatic rings. The fraction of sp³-hybridized carbons (Fsp3) is 0.556. The Balaban J connectivity index is 1.80. The maximum atomic E-state index is 12.3. The molecule has 0 radical (unpaired) electrons. The lowest BCUT2D eigenvalue weighted by atomic mass is 10.1. The second kappa shape index (κ2) is 9.04. The number of carbonyl (C=O) groups is 2. The van der Waals surface area contributed by atoms with Gasteiger partial charge in [0.1, 0.15) is 0 Å². The van der Waals surface area contributed by atoms with Crippen molar-refractivity contribution in [2.75, 3.05) is 37.6 Å². The van der Waals surface area contributed by atoms with Gasteiger partial charge in [-0.2, -0.15) is 0 Å². The minimum Gasteiger partial charge on any atom is -0.356 e. The Bertz CT molecular complexity index is 558. The van der Waals surface area contributed by atoms with E-state index in [4.69, 9.17) is 11.6 Å². The number of quaternary nitrogens is 1. The molecule has 132 valence electrons. The third kappa shape index (κ3) is 4.95. The molecule has 1 saturated heterocycles. The average Bonchev–Trinajstić information content (AvgIpc) is 2.97. The van der Waals surface area contributed by atoms with Gasteiger partial charge >= 0.3 is 0 Å². The number of halogens is 1. The van der Waals surface area contributed by atoms with Crippen LogP contribution in [-0.2, 0) is 9.59 Å². The van der Waals surface area contributed by atoms with E-state index >= 15 is 0 Å². The van der Waals surface area contributed by atoms with Crippen molar-refractivity contribution in [2.45, 2.75) is 26.7 Å². The number of rotatable bonds is 8. The highest BCUT2D eigenvalue weighted by atomic mass is 35.5. The number of nitrogens with one attached hydrogen (secondary N) is 2. The van der Waals surface area contributed by atoms with Crippen LogP contribution in [0, 0.1) is 5.92 Å². The predicted molar refractivity (Wildman–Crippen MR) is 96.5 cm³/mol. The van der Waals surface area contributed by atoms with Crippen molar-refractivity contribution >= 4 is 29.1 Å². The van der Waals surface area contributed by atoms with Crippen LogP contribution in [0.1, 0.15) is 26.7 Å². The van der Waals surface area contributed by atoms with Crippen molar-refractivity contribution in [1.29, 1.82) is 0 Å². The first-order valence-corrected chi connectivity index (χ1v) is 9.10. The SMILES string of the molecule is CC[NH+](CC)CCCNC(=O)[C@@H]1CC(=O)N(c2ccc(Cl)cc2)C1.